The third-order valence-electron chi connectivity index (χ3n) is 2.98. The molecule has 0 aromatic heterocycles. The number of aromatic hydroxyl groups is 1. The molecule has 1 aromatic rings. The van der Waals surface area contributed by atoms with Crippen LogP contribution in [0.25, 0.3) is 0 Å². The van der Waals surface area contributed by atoms with Gasteiger partial charge in [0, 0.05) is 5.56 Å². The Morgan fingerprint density at radius 3 is 2.68 bits per heavy atom. The fourth-order valence-corrected chi connectivity index (χ4v) is 1.67. The molecule has 0 radical (unpaired) electrons. The highest BCUT2D eigenvalue weighted by molar-refractivity contribution is 9.10. The highest BCUT2D eigenvalue weighted by atomic mass is 79.9. The minimum atomic E-state index is -0.950. The molecule has 5 N–H and O–H groups in total. The van der Waals surface area contributed by atoms with Gasteiger partial charge in [-0.05, 0) is 47.5 Å². The van der Waals surface area contributed by atoms with Gasteiger partial charge in [0.15, 0.2) is 5.84 Å². The molecule has 0 aliphatic carbocycles. The number of halogens is 1. The number of rotatable bonds is 4. The van der Waals surface area contributed by atoms with E-state index in [9.17, 15) is 9.90 Å². The van der Waals surface area contributed by atoms with Gasteiger partial charge in [-0.3, -0.25) is 4.79 Å². The Bertz CT molecular complexity index is 519. The Morgan fingerprint density at radius 2 is 2.21 bits per heavy atom. The second-order valence-corrected chi connectivity index (χ2v) is 5.15. The van der Waals surface area contributed by atoms with E-state index in [1.807, 2.05) is 0 Å². The quantitative estimate of drug-likeness (QED) is 0.292. The van der Waals surface area contributed by atoms with E-state index in [2.05, 4.69) is 26.4 Å². The van der Waals surface area contributed by atoms with E-state index in [1.165, 1.54) is 6.07 Å². The minimum absolute atomic E-state index is 0.0327. The molecule has 1 rings (SSSR count). The van der Waals surface area contributed by atoms with E-state index in [-0.39, 0.29) is 17.1 Å². The fourth-order valence-electron chi connectivity index (χ4n) is 1.42. The molecule has 1 unspecified atom stereocenters. The molecule has 0 spiro atoms. The molecule has 1 amide bonds. The van der Waals surface area contributed by atoms with Crippen molar-refractivity contribution in [2.24, 2.45) is 10.9 Å². The predicted octanol–water partition coefficient (Wildman–Crippen LogP) is 1.80. The summed E-state index contributed by atoms with van der Waals surface area (Å²) >= 11 is 3.13. The lowest BCUT2D eigenvalue weighted by molar-refractivity contribution is 0.0924. The third kappa shape index (κ3) is 3.37. The number of nitrogens with zero attached hydrogens (tertiary/aromatic N) is 1. The summed E-state index contributed by atoms with van der Waals surface area (Å²) in [5.41, 5.74) is 4.90. The summed E-state index contributed by atoms with van der Waals surface area (Å²) in [7, 11) is 0. The van der Waals surface area contributed by atoms with Crippen LogP contribution in [-0.4, -0.2) is 27.6 Å². The van der Waals surface area contributed by atoms with Crippen molar-refractivity contribution >= 4 is 27.7 Å². The molecule has 19 heavy (non-hydrogen) atoms. The number of phenolic OH excluding ortho intramolecular Hbond substituents is 1. The van der Waals surface area contributed by atoms with Gasteiger partial charge >= 0.3 is 0 Å². The van der Waals surface area contributed by atoms with E-state index in [4.69, 9.17) is 10.9 Å². The predicted molar refractivity (Wildman–Crippen MR) is 75.4 cm³/mol. The van der Waals surface area contributed by atoms with Gasteiger partial charge in [0.05, 0.1) is 10.0 Å². The zero-order chi connectivity index (χ0) is 14.6. The Balaban J connectivity index is 2.98. The van der Waals surface area contributed by atoms with Crippen molar-refractivity contribution in [1.29, 1.82) is 0 Å². The maximum atomic E-state index is 12.1. The number of nitrogens with one attached hydrogen (secondary N) is 1. The topological polar surface area (TPSA) is 108 Å². The number of carbonyl (C=O) groups excluding carboxylic acids is 1. The SMILES string of the molecule is CCC(C)(NC(=O)c1ccc(Br)c(O)c1)/C(N)=N/O. The summed E-state index contributed by atoms with van der Waals surface area (Å²) in [6.07, 6.45) is 0.455. The van der Waals surface area contributed by atoms with Gasteiger partial charge in [-0.15, -0.1) is 0 Å². The van der Waals surface area contributed by atoms with Crippen LogP contribution < -0.4 is 11.1 Å². The summed E-state index contributed by atoms with van der Waals surface area (Å²) < 4.78 is 0.499. The van der Waals surface area contributed by atoms with Gasteiger partial charge in [0.2, 0.25) is 0 Å². The van der Waals surface area contributed by atoms with Crippen LogP contribution in [0.4, 0.5) is 0 Å². The van der Waals surface area contributed by atoms with Crippen LogP contribution in [0.2, 0.25) is 0 Å². The van der Waals surface area contributed by atoms with Gasteiger partial charge in [-0.25, -0.2) is 0 Å². The van der Waals surface area contributed by atoms with Crippen molar-refractivity contribution < 1.29 is 15.1 Å². The van der Waals surface area contributed by atoms with Crippen LogP contribution in [0.3, 0.4) is 0 Å². The molecule has 0 heterocycles. The normalized spacial score (nSPS) is 14.8. The number of phenols is 1. The number of nitrogens with two attached hydrogens (primary N) is 1. The van der Waals surface area contributed by atoms with Crippen LogP contribution in [0.5, 0.6) is 5.75 Å². The third-order valence-corrected chi connectivity index (χ3v) is 3.65. The van der Waals surface area contributed by atoms with Crippen LogP contribution in [0, 0.1) is 0 Å². The maximum Gasteiger partial charge on any atom is 0.252 e. The Hall–Kier alpha value is -1.76. The van der Waals surface area contributed by atoms with Crippen LogP contribution >= 0.6 is 15.9 Å². The van der Waals surface area contributed by atoms with E-state index in [0.29, 0.717) is 10.9 Å². The highest BCUT2D eigenvalue weighted by Gasteiger charge is 2.30. The molecule has 0 fully saturated rings. The molecule has 0 saturated heterocycles. The van der Waals surface area contributed by atoms with Crippen molar-refractivity contribution in [3.8, 4) is 5.75 Å². The molecule has 7 heteroatoms. The number of hydrogen-bond donors (Lipinski definition) is 4. The number of carbonyl (C=O) groups is 1. The maximum absolute atomic E-state index is 12.1. The van der Waals surface area contributed by atoms with Crippen LogP contribution in [0.1, 0.15) is 30.6 Å². The second kappa shape index (κ2) is 5.92. The molecular formula is C12H16BrN3O3. The number of hydrogen-bond acceptors (Lipinski definition) is 4. The van der Waals surface area contributed by atoms with Crippen LogP contribution in [0.15, 0.2) is 27.8 Å². The zero-order valence-electron chi connectivity index (χ0n) is 10.6. The zero-order valence-corrected chi connectivity index (χ0v) is 12.2. The second-order valence-electron chi connectivity index (χ2n) is 4.29. The average Bonchev–Trinajstić information content (AvgIpc) is 2.40. The van der Waals surface area contributed by atoms with E-state index in [0.717, 1.165) is 0 Å². The first-order chi connectivity index (χ1) is 8.84. The van der Waals surface area contributed by atoms with Crippen molar-refractivity contribution in [2.75, 3.05) is 0 Å². The molecule has 1 aromatic carbocycles. The molecule has 0 aliphatic rings. The monoisotopic (exact) mass is 329 g/mol. The first kappa shape index (κ1) is 15.3. The number of amides is 1. The van der Waals surface area contributed by atoms with Gasteiger partial charge in [0.1, 0.15) is 5.75 Å². The minimum Gasteiger partial charge on any atom is -0.507 e. The van der Waals surface area contributed by atoms with Crippen molar-refractivity contribution in [3.63, 3.8) is 0 Å². The average molecular weight is 330 g/mol. The van der Waals surface area contributed by atoms with Crippen molar-refractivity contribution in [2.45, 2.75) is 25.8 Å². The van der Waals surface area contributed by atoms with Gasteiger partial charge < -0.3 is 21.4 Å². The molecule has 0 aliphatic heterocycles. The number of amidine groups is 1. The fraction of sp³-hybridized carbons (Fsp3) is 0.333. The number of benzene rings is 1. The van der Waals surface area contributed by atoms with E-state index < -0.39 is 11.4 Å². The van der Waals surface area contributed by atoms with E-state index >= 15 is 0 Å². The number of oxime groups is 1. The molecule has 6 nitrogen and oxygen atoms in total. The first-order valence-corrected chi connectivity index (χ1v) is 6.42. The van der Waals surface area contributed by atoms with Gasteiger partial charge in [0.25, 0.3) is 5.91 Å². The summed E-state index contributed by atoms with van der Waals surface area (Å²) in [6, 6.07) is 4.46. The Morgan fingerprint density at radius 1 is 1.58 bits per heavy atom. The molecule has 0 bridgehead atoms. The molecule has 0 saturated carbocycles. The van der Waals surface area contributed by atoms with Crippen molar-refractivity contribution in [1.82, 2.24) is 5.32 Å². The largest absolute Gasteiger partial charge is 0.507 e. The molecule has 1 atom stereocenters. The summed E-state index contributed by atoms with van der Waals surface area (Å²) in [5, 5.41) is 23.9. The van der Waals surface area contributed by atoms with Gasteiger partial charge in [-0.1, -0.05) is 12.1 Å². The van der Waals surface area contributed by atoms with Crippen molar-refractivity contribution in [3.05, 3.63) is 28.2 Å². The smallest absolute Gasteiger partial charge is 0.252 e. The highest BCUT2D eigenvalue weighted by Crippen LogP contribution is 2.24. The summed E-state index contributed by atoms with van der Waals surface area (Å²) in [5.74, 6) is -0.530. The summed E-state index contributed by atoms with van der Waals surface area (Å²) in [6.45, 7) is 3.45. The Kier molecular flexibility index (Phi) is 4.77. The van der Waals surface area contributed by atoms with E-state index in [1.54, 1.807) is 26.0 Å². The lowest BCUT2D eigenvalue weighted by Crippen LogP contribution is -2.55. The standard InChI is InChI=1S/C12H16BrN3O3/c1-3-12(2,11(14)16-19)15-10(18)7-4-5-8(13)9(17)6-7/h4-6,17,19H,3H2,1-2H3,(H2,14,16)(H,15,18). The van der Waals surface area contributed by atoms with Gasteiger partial charge in [-0.2, -0.15) is 0 Å². The lowest BCUT2D eigenvalue weighted by atomic mass is 9.97. The first-order valence-electron chi connectivity index (χ1n) is 5.63. The Labute approximate surface area is 119 Å². The van der Waals surface area contributed by atoms with Crippen LogP contribution in [-0.2, 0) is 0 Å². The lowest BCUT2D eigenvalue weighted by Gasteiger charge is -2.28. The summed E-state index contributed by atoms with van der Waals surface area (Å²) in [4.78, 5) is 12.1. The molecular weight excluding hydrogens is 314 g/mol. The molecule has 104 valence electrons.